The number of ether oxygens (including phenoxy) is 1. The molecule has 2 N–H and O–H groups in total. The number of nitrogen functional groups attached to an aromatic ring is 1. The molecular formula is C12H16BNO3. The first-order valence-corrected chi connectivity index (χ1v) is 5.41. The molecule has 1 aromatic carbocycles. The van der Waals surface area contributed by atoms with Gasteiger partial charge in [0.05, 0.1) is 18.6 Å². The highest BCUT2D eigenvalue weighted by molar-refractivity contribution is 6.62. The fourth-order valence-corrected chi connectivity index (χ4v) is 1.64. The molecule has 5 heteroatoms. The maximum atomic E-state index is 5.77. The molecule has 0 unspecified atom stereocenters. The van der Waals surface area contributed by atoms with Crippen molar-refractivity contribution in [3.05, 3.63) is 30.5 Å². The van der Waals surface area contributed by atoms with Crippen LogP contribution in [-0.4, -0.2) is 19.8 Å². The maximum absolute atomic E-state index is 5.77. The van der Waals surface area contributed by atoms with E-state index in [0.717, 1.165) is 5.46 Å². The molecule has 1 aliphatic rings. The average Bonchev–Trinajstić information content (AvgIpc) is 2.54. The molecule has 0 bridgehead atoms. The van der Waals surface area contributed by atoms with Crippen molar-refractivity contribution in [3.63, 3.8) is 0 Å². The van der Waals surface area contributed by atoms with E-state index in [9.17, 15) is 0 Å². The summed E-state index contributed by atoms with van der Waals surface area (Å²) in [4.78, 5) is 0. The Morgan fingerprint density at radius 3 is 2.65 bits per heavy atom. The van der Waals surface area contributed by atoms with Crippen LogP contribution in [0.2, 0.25) is 0 Å². The van der Waals surface area contributed by atoms with E-state index in [2.05, 4.69) is 6.58 Å². The van der Waals surface area contributed by atoms with Crippen molar-refractivity contribution >= 4 is 18.3 Å². The summed E-state index contributed by atoms with van der Waals surface area (Å²) in [5.74, 6) is 1.24. The topological polar surface area (TPSA) is 53.7 Å². The van der Waals surface area contributed by atoms with Crippen molar-refractivity contribution in [2.75, 3.05) is 12.8 Å². The van der Waals surface area contributed by atoms with Crippen LogP contribution in [0.1, 0.15) is 13.8 Å². The van der Waals surface area contributed by atoms with Gasteiger partial charge in [-0.3, -0.25) is 0 Å². The van der Waals surface area contributed by atoms with Crippen molar-refractivity contribution < 1.29 is 14.0 Å². The Labute approximate surface area is 101 Å². The molecule has 90 valence electrons. The third kappa shape index (κ3) is 2.10. The lowest BCUT2D eigenvalue weighted by Crippen LogP contribution is -2.34. The molecule has 0 aliphatic carbocycles. The Bertz CT molecular complexity index is 459. The van der Waals surface area contributed by atoms with Gasteiger partial charge in [0.25, 0.3) is 0 Å². The van der Waals surface area contributed by atoms with E-state index < -0.39 is 12.7 Å². The molecule has 4 nitrogen and oxygen atoms in total. The number of hydrogen-bond acceptors (Lipinski definition) is 4. The summed E-state index contributed by atoms with van der Waals surface area (Å²) in [7, 11) is 1.13. The van der Waals surface area contributed by atoms with Gasteiger partial charge in [-0.05, 0) is 26.0 Å². The monoisotopic (exact) mass is 233 g/mol. The third-order valence-electron chi connectivity index (χ3n) is 2.85. The second kappa shape index (κ2) is 4.00. The molecule has 0 radical (unpaired) electrons. The van der Waals surface area contributed by atoms with E-state index in [4.69, 9.17) is 19.8 Å². The van der Waals surface area contributed by atoms with Crippen molar-refractivity contribution in [1.82, 2.24) is 0 Å². The lowest BCUT2D eigenvalue weighted by atomic mass is 9.79. The van der Waals surface area contributed by atoms with E-state index >= 15 is 0 Å². The predicted molar refractivity (Wildman–Crippen MR) is 68.2 cm³/mol. The maximum Gasteiger partial charge on any atom is 0.563 e. The first-order valence-electron chi connectivity index (χ1n) is 5.41. The van der Waals surface area contributed by atoms with Crippen molar-refractivity contribution in [2.45, 2.75) is 19.4 Å². The minimum Gasteiger partial charge on any atom is -0.534 e. The Morgan fingerprint density at radius 1 is 1.41 bits per heavy atom. The van der Waals surface area contributed by atoms with E-state index in [1.807, 2.05) is 26.0 Å². The van der Waals surface area contributed by atoms with Crippen LogP contribution in [0.5, 0.6) is 5.75 Å². The standard InChI is InChI=1S/C12H16BNO3/c1-8-12(2,3)17-13(16-8)9-5-6-10(14)11(7-9)15-4/h5-7H,1,14H2,2-4H3. The summed E-state index contributed by atoms with van der Waals surface area (Å²) in [6, 6.07) is 5.45. The molecule has 0 saturated carbocycles. The summed E-state index contributed by atoms with van der Waals surface area (Å²) < 4.78 is 16.5. The van der Waals surface area contributed by atoms with Crippen LogP contribution in [0.15, 0.2) is 30.5 Å². The van der Waals surface area contributed by atoms with Crippen LogP contribution in [-0.2, 0) is 9.31 Å². The lowest BCUT2D eigenvalue weighted by molar-refractivity contribution is 0.173. The number of anilines is 1. The van der Waals surface area contributed by atoms with Crippen molar-refractivity contribution in [3.8, 4) is 5.75 Å². The smallest absolute Gasteiger partial charge is 0.534 e. The number of hydrogen-bond donors (Lipinski definition) is 1. The molecule has 0 atom stereocenters. The van der Waals surface area contributed by atoms with Crippen LogP contribution in [0.25, 0.3) is 0 Å². The summed E-state index contributed by atoms with van der Waals surface area (Å²) >= 11 is 0. The minimum absolute atomic E-state index is 0.452. The van der Waals surface area contributed by atoms with Crippen LogP contribution in [0, 0.1) is 0 Å². The first-order chi connectivity index (χ1) is 7.94. The van der Waals surface area contributed by atoms with Crippen LogP contribution >= 0.6 is 0 Å². The van der Waals surface area contributed by atoms with Gasteiger partial charge >= 0.3 is 7.12 Å². The van der Waals surface area contributed by atoms with Crippen LogP contribution < -0.4 is 15.9 Å². The molecule has 1 aliphatic heterocycles. The molecule has 2 rings (SSSR count). The number of benzene rings is 1. The highest BCUT2D eigenvalue weighted by Crippen LogP contribution is 2.30. The fourth-order valence-electron chi connectivity index (χ4n) is 1.64. The molecule has 1 heterocycles. The minimum atomic E-state index is -0.473. The largest absolute Gasteiger partial charge is 0.563 e. The second-order valence-electron chi connectivity index (χ2n) is 4.50. The number of methoxy groups -OCH3 is 1. The summed E-state index contributed by atoms with van der Waals surface area (Å²) in [6.07, 6.45) is 0. The van der Waals surface area contributed by atoms with Gasteiger partial charge in [0.1, 0.15) is 11.4 Å². The molecule has 1 fully saturated rings. The first kappa shape index (κ1) is 11.9. The van der Waals surface area contributed by atoms with Gasteiger partial charge in [-0.25, -0.2) is 0 Å². The molecular weight excluding hydrogens is 217 g/mol. The van der Waals surface area contributed by atoms with Gasteiger partial charge in [0, 0.05) is 5.46 Å². The van der Waals surface area contributed by atoms with E-state index in [0.29, 0.717) is 17.2 Å². The average molecular weight is 233 g/mol. The number of nitrogens with two attached hydrogens (primary N) is 1. The Kier molecular flexibility index (Phi) is 2.79. The van der Waals surface area contributed by atoms with Crippen molar-refractivity contribution in [2.24, 2.45) is 0 Å². The summed E-state index contributed by atoms with van der Waals surface area (Å²) in [5.41, 5.74) is 6.74. The van der Waals surface area contributed by atoms with Gasteiger partial charge < -0.3 is 19.8 Å². The Balaban J connectivity index is 2.28. The molecule has 0 aromatic heterocycles. The van der Waals surface area contributed by atoms with Crippen LogP contribution in [0.4, 0.5) is 5.69 Å². The molecule has 1 saturated heterocycles. The highest BCUT2D eigenvalue weighted by atomic mass is 16.7. The predicted octanol–water partition coefficient (Wildman–Crippen LogP) is 1.31. The normalized spacial score (nSPS) is 18.1. The SMILES string of the molecule is C=C1OB(c2ccc(N)c(OC)c2)OC1(C)C. The molecule has 1 aromatic rings. The second-order valence-corrected chi connectivity index (χ2v) is 4.50. The molecule has 17 heavy (non-hydrogen) atoms. The lowest BCUT2D eigenvalue weighted by Gasteiger charge is -2.15. The fraction of sp³-hybridized carbons (Fsp3) is 0.333. The Hall–Kier alpha value is -1.62. The van der Waals surface area contributed by atoms with Gasteiger partial charge in [-0.2, -0.15) is 0 Å². The van der Waals surface area contributed by atoms with Gasteiger partial charge in [-0.1, -0.05) is 12.6 Å². The van der Waals surface area contributed by atoms with Gasteiger partial charge in [-0.15, -0.1) is 0 Å². The van der Waals surface area contributed by atoms with Crippen LogP contribution in [0.3, 0.4) is 0 Å². The summed E-state index contributed by atoms with van der Waals surface area (Å²) in [5, 5.41) is 0. The molecule has 0 spiro atoms. The van der Waals surface area contributed by atoms with Gasteiger partial charge in [0.15, 0.2) is 0 Å². The van der Waals surface area contributed by atoms with Crippen molar-refractivity contribution in [1.29, 1.82) is 0 Å². The quantitative estimate of drug-likeness (QED) is 0.618. The van der Waals surface area contributed by atoms with E-state index in [1.165, 1.54) is 0 Å². The zero-order valence-electron chi connectivity index (χ0n) is 10.3. The summed E-state index contributed by atoms with van der Waals surface area (Å²) in [6.45, 7) is 7.68. The Morgan fingerprint density at radius 2 is 2.12 bits per heavy atom. The van der Waals surface area contributed by atoms with E-state index in [1.54, 1.807) is 13.2 Å². The zero-order chi connectivity index (χ0) is 12.6. The van der Waals surface area contributed by atoms with Gasteiger partial charge in [0.2, 0.25) is 0 Å². The van der Waals surface area contributed by atoms with E-state index in [-0.39, 0.29) is 0 Å². The number of rotatable bonds is 2. The third-order valence-corrected chi connectivity index (χ3v) is 2.85. The molecule has 0 amide bonds. The zero-order valence-corrected chi connectivity index (χ0v) is 10.3. The highest BCUT2D eigenvalue weighted by Gasteiger charge is 2.42.